The Morgan fingerprint density at radius 2 is 2.20 bits per heavy atom. The third-order valence-electron chi connectivity index (χ3n) is 2.25. The summed E-state index contributed by atoms with van der Waals surface area (Å²) in [5.74, 6) is 0.784. The normalized spacial score (nSPS) is 10.9. The van der Waals surface area contributed by atoms with Crippen molar-refractivity contribution in [3.8, 4) is 11.5 Å². The molecular weight excluding hydrogens is 208 g/mol. The predicted molar refractivity (Wildman–Crippen MR) is 61.7 cm³/mol. The summed E-state index contributed by atoms with van der Waals surface area (Å²) in [6.45, 7) is 0. The molecule has 0 atom stereocenters. The van der Waals surface area contributed by atoms with Gasteiger partial charge in [-0.05, 0) is 41.9 Å². The van der Waals surface area contributed by atoms with Crippen LogP contribution in [0.15, 0.2) is 41.0 Å². The quantitative estimate of drug-likeness (QED) is 0.636. The molecule has 3 rings (SSSR count). The van der Waals surface area contributed by atoms with Crippen molar-refractivity contribution in [3.05, 3.63) is 36.6 Å². The van der Waals surface area contributed by atoms with Crippen LogP contribution < -0.4 is 5.73 Å². The first-order valence-electron chi connectivity index (χ1n) is 4.53. The lowest BCUT2D eigenvalue weighted by Gasteiger charge is -1.94. The highest BCUT2D eigenvalue weighted by Gasteiger charge is 2.10. The molecule has 0 aliphatic carbocycles. The Morgan fingerprint density at radius 3 is 3.00 bits per heavy atom. The van der Waals surface area contributed by atoms with Gasteiger partial charge in [0.15, 0.2) is 5.76 Å². The van der Waals surface area contributed by atoms with E-state index in [1.54, 1.807) is 6.26 Å². The Labute approximate surface area is 90.3 Å². The molecule has 15 heavy (non-hydrogen) atoms. The molecule has 4 heteroatoms. The summed E-state index contributed by atoms with van der Waals surface area (Å²) in [5, 5.41) is 1.05. The number of hydrogen-bond donors (Lipinski definition) is 1. The number of nitrogen functional groups attached to an aromatic ring is 1. The summed E-state index contributed by atoms with van der Waals surface area (Å²) in [7, 11) is 0. The highest BCUT2D eigenvalue weighted by molar-refractivity contribution is 7.13. The van der Waals surface area contributed by atoms with Crippen molar-refractivity contribution >= 4 is 27.3 Å². The van der Waals surface area contributed by atoms with Gasteiger partial charge in [0.1, 0.15) is 5.69 Å². The molecule has 0 aliphatic rings. The van der Waals surface area contributed by atoms with Gasteiger partial charge in [0.05, 0.1) is 11.0 Å². The van der Waals surface area contributed by atoms with E-state index >= 15 is 0 Å². The van der Waals surface area contributed by atoms with Crippen LogP contribution in [-0.2, 0) is 0 Å². The number of rotatable bonds is 1. The van der Waals surface area contributed by atoms with Crippen LogP contribution in [0.3, 0.4) is 0 Å². The maximum absolute atomic E-state index is 5.75. The maximum Gasteiger partial charge on any atom is 0.153 e. The molecule has 2 heterocycles. The molecule has 0 aliphatic heterocycles. The fourth-order valence-corrected chi connectivity index (χ4v) is 2.31. The molecule has 3 nitrogen and oxygen atoms in total. The van der Waals surface area contributed by atoms with Crippen LogP contribution in [0.25, 0.3) is 21.5 Å². The third kappa shape index (κ3) is 1.30. The van der Waals surface area contributed by atoms with Gasteiger partial charge in [0.2, 0.25) is 0 Å². The van der Waals surface area contributed by atoms with Crippen molar-refractivity contribution in [2.45, 2.75) is 0 Å². The third-order valence-corrected chi connectivity index (χ3v) is 3.08. The summed E-state index contributed by atoms with van der Waals surface area (Å²) in [5.41, 5.74) is 7.37. The minimum absolute atomic E-state index is 0.746. The lowest BCUT2D eigenvalue weighted by atomic mass is 10.2. The second-order valence-electron chi connectivity index (χ2n) is 3.26. The monoisotopic (exact) mass is 216 g/mol. The lowest BCUT2D eigenvalue weighted by molar-refractivity contribution is 0.581. The van der Waals surface area contributed by atoms with Gasteiger partial charge in [-0.25, -0.2) is 0 Å². The van der Waals surface area contributed by atoms with E-state index in [1.165, 1.54) is 11.5 Å². The number of nitrogens with zero attached hydrogens (tertiary/aromatic N) is 1. The summed E-state index contributed by atoms with van der Waals surface area (Å²) in [6.07, 6.45) is 1.65. The van der Waals surface area contributed by atoms with Gasteiger partial charge in [0.25, 0.3) is 0 Å². The van der Waals surface area contributed by atoms with Gasteiger partial charge >= 0.3 is 0 Å². The number of aromatic nitrogens is 1. The second kappa shape index (κ2) is 3.10. The summed E-state index contributed by atoms with van der Waals surface area (Å²) < 4.78 is 10.8. The first kappa shape index (κ1) is 8.49. The van der Waals surface area contributed by atoms with E-state index < -0.39 is 0 Å². The number of fused-ring (bicyclic) bond motifs is 1. The van der Waals surface area contributed by atoms with E-state index in [-0.39, 0.29) is 0 Å². The standard InChI is InChI=1S/C11H8N2OS/c12-7-3-4-10-8(6-7)11(13-15-10)9-2-1-5-14-9/h1-6H,12H2. The Balaban J connectivity index is 2.32. The van der Waals surface area contributed by atoms with E-state index in [0.29, 0.717) is 0 Å². The van der Waals surface area contributed by atoms with Gasteiger partial charge in [0, 0.05) is 11.1 Å². The van der Waals surface area contributed by atoms with Crippen molar-refractivity contribution < 1.29 is 4.42 Å². The first-order valence-corrected chi connectivity index (χ1v) is 5.31. The van der Waals surface area contributed by atoms with Crippen LogP contribution in [0, 0.1) is 0 Å². The smallest absolute Gasteiger partial charge is 0.153 e. The minimum atomic E-state index is 0.746. The van der Waals surface area contributed by atoms with Gasteiger partial charge in [-0.1, -0.05) is 0 Å². The molecule has 0 amide bonds. The van der Waals surface area contributed by atoms with E-state index in [1.807, 2.05) is 30.3 Å². The molecule has 0 fully saturated rings. The molecule has 0 saturated carbocycles. The van der Waals surface area contributed by atoms with Crippen LogP contribution in [0.5, 0.6) is 0 Å². The first-order chi connectivity index (χ1) is 7.34. The molecule has 0 radical (unpaired) electrons. The van der Waals surface area contributed by atoms with E-state index in [2.05, 4.69) is 4.37 Å². The minimum Gasteiger partial charge on any atom is -0.463 e. The number of nitrogens with two attached hydrogens (primary N) is 1. The van der Waals surface area contributed by atoms with Crippen LogP contribution in [0.4, 0.5) is 5.69 Å². The van der Waals surface area contributed by atoms with Crippen LogP contribution in [0.2, 0.25) is 0 Å². The second-order valence-corrected chi connectivity index (χ2v) is 4.07. The van der Waals surface area contributed by atoms with E-state index in [4.69, 9.17) is 10.2 Å². The van der Waals surface area contributed by atoms with Crippen LogP contribution in [-0.4, -0.2) is 4.37 Å². The van der Waals surface area contributed by atoms with Gasteiger partial charge in [-0.3, -0.25) is 0 Å². The van der Waals surface area contributed by atoms with Crippen molar-refractivity contribution in [2.75, 3.05) is 5.73 Å². The zero-order valence-corrected chi connectivity index (χ0v) is 8.62. The van der Waals surface area contributed by atoms with Gasteiger partial charge in [-0.15, -0.1) is 0 Å². The van der Waals surface area contributed by atoms with Crippen LogP contribution in [0.1, 0.15) is 0 Å². The SMILES string of the molecule is Nc1ccc2snc(-c3ccco3)c2c1. The largest absolute Gasteiger partial charge is 0.463 e. The number of benzene rings is 1. The van der Waals surface area contributed by atoms with Gasteiger partial charge < -0.3 is 10.2 Å². The van der Waals surface area contributed by atoms with Gasteiger partial charge in [-0.2, -0.15) is 4.37 Å². The average molecular weight is 216 g/mol. The number of furan rings is 1. The van der Waals surface area contributed by atoms with Crippen molar-refractivity contribution in [1.29, 1.82) is 0 Å². The Bertz CT molecular complexity index is 598. The number of hydrogen-bond acceptors (Lipinski definition) is 4. The molecule has 0 unspecified atom stereocenters. The maximum atomic E-state index is 5.75. The topological polar surface area (TPSA) is 52.0 Å². The number of anilines is 1. The fourth-order valence-electron chi connectivity index (χ4n) is 1.55. The summed E-state index contributed by atoms with van der Waals surface area (Å²) in [6, 6.07) is 9.54. The van der Waals surface area contributed by atoms with E-state index in [0.717, 1.165) is 27.2 Å². The highest BCUT2D eigenvalue weighted by atomic mass is 32.1. The van der Waals surface area contributed by atoms with Crippen molar-refractivity contribution in [2.24, 2.45) is 0 Å². The molecule has 3 aromatic rings. The molecule has 2 N–H and O–H groups in total. The summed E-state index contributed by atoms with van der Waals surface area (Å²) >= 11 is 1.46. The molecular formula is C11H8N2OS. The molecule has 0 bridgehead atoms. The zero-order valence-electron chi connectivity index (χ0n) is 7.81. The molecule has 1 aromatic carbocycles. The van der Waals surface area contributed by atoms with Crippen molar-refractivity contribution in [1.82, 2.24) is 4.37 Å². The zero-order chi connectivity index (χ0) is 10.3. The molecule has 0 saturated heterocycles. The van der Waals surface area contributed by atoms with Crippen LogP contribution >= 0.6 is 11.5 Å². The predicted octanol–water partition coefficient (Wildman–Crippen LogP) is 3.14. The lowest BCUT2D eigenvalue weighted by Crippen LogP contribution is -1.82. The van der Waals surface area contributed by atoms with Crippen molar-refractivity contribution in [3.63, 3.8) is 0 Å². The Kier molecular flexibility index (Phi) is 1.76. The Morgan fingerprint density at radius 1 is 1.27 bits per heavy atom. The highest BCUT2D eigenvalue weighted by Crippen LogP contribution is 2.32. The Hall–Kier alpha value is -1.81. The molecule has 0 spiro atoms. The molecule has 2 aromatic heterocycles. The summed E-state index contributed by atoms with van der Waals surface area (Å²) in [4.78, 5) is 0. The fraction of sp³-hybridized carbons (Fsp3) is 0. The average Bonchev–Trinajstić information content (AvgIpc) is 2.83. The molecule has 74 valence electrons. The van der Waals surface area contributed by atoms with E-state index in [9.17, 15) is 0 Å².